The van der Waals surface area contributed by atoms with Crippen molar-refractivity contribution < 1.29 is 4.79 Å². The lowest BCUT2D eigenvalue weighted by molar-refractivity contribution is -0.116. The molecule has 0 spiro atoms. The van der Waals surface area contributed by atoms with Gasteiger partial charge in [0.1, 0.15) is 5.82 Å². The molecule has 1 aliphatic heterocycles. The minimum absolute atomic E-state index is 0.0591. The van der Waals surface area contributed by atoms with Crippen LogP contribution in [0.4, 0.5) is 5.82 Å². The number of hydrogen-bond acceptors (Lipinski definition) is 3. The number of aromatic nitrogens is 2. The van der Waals surface area contributed by atoms with Gasteiger partial charge in [0.05, 0.1) is 6.20 Å². The molecule has 0 saturated heterocycles. The summed E-state index contributed by atoms with van der Waals surface area (Å²) in [6, 6.07) is 8.68. The maximum Gasteiger partial charge on any atom is 0.226 e. The molecule has 0 saturated carbocycles. The van der Waals surface area contributed by atoms with E-state index in [0.29, 0.717) is 6.42 Å². The third kappa shape index (κ3) is 2.58. The summed E-state index contributed by atoms with van der Waals surface area (Å²) in [6.45, 7) is 4.13. The normalized spacial score (nSPS) is 17.7. The van der Waals surface area contributed by atoms with Crippen LogP contribution in [0.15, 0.2) is 35.4 Å². The van der Waals surface area contributed by atoms with Crippen LogP contribution in [0, 0.1) is 0 Å². The van der Waals surface area contributed by atoms with Crippen LogP contribution in [0.5, 0.6) is 0 Å². The Hall–Kier alpha value is -1.75. The van der Waals surface area contributed by atoms with Crippen LogP contribution >= 0.6 is 11.8 Å². The van der Waals surface area contributed by atoms with Gasteiger partial charge < -0.3 is 5.32 Å². The van der Waals surface area contributed by atoms with Gasteiger partial charge in [0, 0.05) is 28.8 Å². The monoisotopic (exact) mass is 301 g/mol. The molecule has 3 rings (SSSR count). The minimum atomic E-state index is 0.0591. The van der Waals surface area contributed by atoms with Gasteiger partial charge in [-0.15, -0.1) is 11.8 Å². The maximum absolute atomic E-state index is 12.0. The minimum Gasteiger partial charge on any atom is -0.311 e. The Balaban J connectivity index is 2.02. The predicted molar refractivity (Wildman–Crippen MR) is 85.9 cm³/mol. The van der Waals surface area contributed by atoms with Crippen LogP contribution in [-0.4, -0.2) is 21.9 Å². The number of carbonyl (C=O) groups excluding carboxylic acids is 1. The van der Waals surface area contributed by atoms with Crippen molar-refractivity contribution >= 4 is 23.5 Å². The van der Waals surface area contributed by atoms with Crippen LogP contribution in [-0.2, 0) is 4.79 Å². The Kier molecular flexibility index (Phi) is 3.76. The summed E-state index contributed by atoms with van der Waals surface area (Å²) in [5.74, 6) is 1.00. The predicted octanol–water partition coefficient (Wildman–Crippen LogP) is 3.66. The number of hydrogen-bond donors (Lipinski definition) is 1. The average molecular weight is 301 g/mol. The van der Waals surface area contributed by atoms with Gasteiger partial charge in [-0.05, 0) is 37.8 Å². The highest BCUT2D eigenvalue weighted by atomic mass is 32.2. The third-order valence-corrected chi connectivity index (χ3v) is 4.60. The van der Waals surface area contributed by atoms with Gasteiger partial charge in [-0.2, -0.15) is 5.10 Å². The zero-order valence-electron chi connectivity index (χ0n) is 12.5. The summed E-state index contributed by atoms with van der Waals surface area (Å²) >= 11 is 1.72. The molecule has 2 aromatic rings. The number of nitrogens with one attached hydrogen (secondary N) is 1. The smallest absolute Gasteiger partial charge is 0.226 e. The van der Waals surface area contributed by atoms with E-state index in [-0.39, 0.29) is 17.9 Å². The van der Waals surface area contributed by atoms with Crippen molar-refractivity contribution in [3.8, 4) is 0 Å². The second kappa shape index (κ2) is 5.56. The van der Waals surface area contributed by atoms with Crippen LogP contribution in [0.1, 0.15) is 43.4 Å². The molecule has 21 heavy (non-hydrogen) atoms. The molecule has 2 heterocycles. The molecule has 1 N–H and O–H groups in total. The molecule has 1 unspecified atom stereocenters. The molecule has 5 heteroatoms. The molecule has 1 aliphatic rings. The third-order valence-electron chi connectivity index (χ3n) is 3.85. The van der Waals surface area contributed by atoms with Gasteiger partial charge >= 0.3 is 0 Å². The van der Waals surface area contributed by atoms with E-state index < -0.39 is 0 Å². The van der Waals surface area contributed by atoms with E-state index in [1.165, 1.54) is 10.5 Å². The summed E-state index contributed by atoms with van der Waals surface area (Å²) in [5, 5.41) is 7.41. The van der Waals surface area contributed by atoms with E-state index in [1.807, 2.05) is 10.9 Å². The second-order valence-corrected chi connectivity index (χ2v) is 6.44. The van der Waals surface area contributed by atoms with E-state index in [2.05, 4.69) is 54.8 Å². The number of thioether (sulfide) groups is 1. The number of benzene rings is 1. The van der Waals surface area contributed by atoms with Crippen molar-refractivity contribution in [2.45, 2.75) is 37.1 Å². The fraction of sp³-hybridized carbons (Fsp3) is 0.375. The van der Waals surface area contributed by atoms with Crippen molar-refractivity contribution in [2.24, 2.45) is 0 Å². The Labute approximate surface area is 128 Å². The van der Waals surface area contributed by atoms with Crippen LogP contribution in [0.25, 0.3) is 0 Å². The molecule has 1 atom stereocenters. The molecule has 4 nitrogen and oxygen atoms in total. The summed E-state index contributed by atoms with van der Waals surface area (Å²) in [5.41, 5.74) is 2.28. The molecule has 0 aliphatic carbocycles. The van der Waals surface area contributed by atoms with Gasteiger partial charge in [0.25, 0.3) is 0 Å². The van der Waals surface area contributed by atoms with Crippen molar-refractivity contribution in [2.75, 3.05) is 11.6 Å². The average Bonchev–Trinajstić information content (AvgIpc) is 2.90. The first-order valence-corrected chi connectivity index (χ1v) is 8.34. The molecular weight excluding hydrogens is 282 g/mol. The Morgan fingerprint density at radius 3 is 2.67 bits per heavy atom. The lowest BCUT2D eigenvalue weighted by atomic mass is 9.87. The van der Waals surface area contributed by atoms with E-state index in [1.54, 1.807) is 11.8 Å². The highest BCUT2D eigenvalue weighted by Crippen LogP contribution is 2.38. The van der Waals surface area contributed by atoms with Crippen molar-refractivity contribution in [3.05, 3.63) is 41.6 Å². The zero-order valence-corrected chi connectivity index (χ0v) is 13.3. The first-order valence-electron chi connectivity index (χ1n) is 7.11. The SMILES string of the molecule is CSc1ccc(C2CC(=O)Nc3c2cnn3C(C)C)cc1. The quantitative estimate of drug-likeness (QED) is 0.880. The topological polar surface area (TPSA) is 46.9 Å². The number of rotatable bonds is 3. The first kappa shape index (κ1) is 14.2. The lowest BCUT2D eigenvalue weighted by Gasteiger charge is -2.24. The highest BCUT2D eigenvalue weighted by molar-refractivity contribution is 7.98. The summed E-state index contributed by atoms with van der Waals surface area (Å²) in [7, 11) is 0. The Morgan fingerprint density at radius 2 is 2.05 bits per heavy atom. The molecule has 0 fully saturated rings. The van der Waals surface area contributed by atoms with Gasteiger partial charge in [-0.3, -0.25) is 4.79 Å². The van der Waals surface area contributed by atoms with Crippen LogP contribution in [0.2, 0.25) is 0 Å². The lowest BCUT2D eigenvalue weighted by Crippen LogP contribution is -2.25. The fourth-order valence-corrected chi connectivity index (χ4v) is 3.17. The summed E-state index contributed by atoms with van der Waals surface area (Å²) in [4.78, 5) is 13.3. The Bertz CT molecular complexity index is 661. The molecule has 1 amide bonds. The van der Waals surface area contributed by atoms with Gasteiger partial charge in [0.2, 0.25) is 5.91 Å². The number of amides is 1. The van der Waals surface area contributed by atoms with E-state index in [9.17, 15) is 4.79 Å². The fourth-order valence-electron chi connectivity index (χ4n) is 2.76. The summed E-state index contributed by atoms with van der Waals surface area (Å²) in [6.07, 6.45) is 4.44. The van der Waals surface area contributed by atoms with Gasteiger partial charge in [-0.25, -0.2) is 4.68 Å². The molecule has 0 bridgehead atoms. The number of carbonyl (C=O) groups is 1. The maximum atomic E-state index is 12.0. The van der Waals surface area contributed by atoms with Crippen LogP contribution in [0.3, 0.4) is 0 Å². The van der Waals surface area contributed by atoms with E-state index in [4.69, 9.17) is 0 Å². The van der Waals surface area contributed by atoms with Crippen molar-refractivity contribution in [1.29, 1.82) is 0 Å². The second-order valence-electron chi connectivity index (χ2n) is 5.56. The number of nitrogens with zero attached hydrogens (tertiary/aromatic N) is 2. The summed E-state index contributed by atoms with van der Waals surface area (Å²) < 4.78 is 1.88. The molecular formula is C16H19N3OS. The largest absolute Gasteiger partial charge is 0.311 e. The Morgan fingerprint density at radius 1 is 1.33 bits per heavy atom. The molecule has 110 valence electrons. The standard InChI is InChI=1S/C16H19N3OS/c1-10(2)19-16-14(9-17-19)13(8-15(20)18-16)11-4-6-12(21-3)7-5-11/h4-7,9-10,13H,8H2,1-3H3,(H,18,20). The molecule has 1 aromatic carbocycles. The number of fused-ring (bicyclic) bond motifs is 1. The highest BCUT2D eigenvalue weighted by Gasteiger charge is 2.30. The molecule has 0 radical (unpaired) electrons. The van der Waals surface area contributed by atoms with Gasteiger partial charge in [-0.1, -0.05) is 12.1 Å². The van der Waals surface area contributed by atoms with E-state index in [0.717, 1.165) is 11.4 Å². The van der Waals surface area contributed by atoms with Gasteiger partial charge in [0.15, 0.2) is 0 Å². The first-order chi connectivity index (χ1) is 10.1. The zero-order chi connectivity index (χ0) is 15.0. The van der Waals surface area contributed by atoms with Crippen molar-refractivity contribution in [1.82, 2.24) is 9.78 Å². The number of anilines is 1. The van der Waals surface area contributed by atoms with Crippen LogP contribution < -0.4 is 5.32 Å². The van der Waals surface area contributed by atoms with E-state index >= 15 is 0 Å². The molecule has 1 aromatic heterocycles. The van der Waals surface area contributed by atoms with Crippen molar-refractivity contribution in [3.63, 3.8) is 0 Å².